The predicted molar refractivity (Wildman–Crippen MR) is 79.2 cm³/mol. The average Bonchev–Trinajstić information content (AvgIpc) is 2.37. The fourth-order valence-corrected chi connectivity index (χ4v) is 1.95. The highest BCUT2D eigenvalue weighted by Crippen LogP contribution is 2.20. The lowest BCUT2D eigenvalue weighted by Crippen LogP contribution is -2.27. The quantitative estimate of drug-likeness (QED) is 0.715. The summed E-state index contributed by atoms with van der Waals surface area (Å²) in [5.74, 6) is 0.0754. The van der Waals surface area contributed by atoms with Crippen LogP contribution in [0.4, 0.5) is 5.82 Å². The van der Waals surface area contributed by atoms with Crippen molar-refractivity contribution in [2.75, 3.05) is 11.9 Å². The number of hydrogen-bond acceptors (Lipinski definition) is 4. The monoisotopic (exact) mass is 280 g/mol. The zero-order valence-electron chi connectivity index (χ0n) is 12.6. The van der Waals surface area contributed by atoms with E-state index in [2.05, 4.69) is 24.1 Å². The Balaban J connectivity index is 3.06. The summed E-state index contributed by atoms with van der Waals surface area (Å²) in [4.78, 5) is 15.6. The van der Waals surface area contributed by atoms with Crippen LogP contribution in [0.1, 0.15) is 56.1 Å². The molecule has 0 saturated carbocycles. The summed E-state index contributed by atoms with van der Waals surface area (Å²) in [5, 5.41) is 21.5. The molecular weight excluding hydrogens is 256 g/mol. The van der Waals surface area contributed by atoms with Crippen molar-refractivity contribution >= 4 is 11.8 Å². The lowest BCUT2D eigenvalue weighted by Gasteiger charge is -2.23. The van der Waals surface area contributed by atoms with Gasteiger partial charge in [-0.15, -0.1) is 0 Å². The van der Waals surface area contributed by atoms with E-state index in [4.69, 9.17) is 10.2 Å². The van der Waals surface area contributed by atoms with E-state index < -0.39 is 5.97 Å². The van der Waals surface area contributed by atoms with Crippen LogP contribution < -0.4 is 5.32 Å². The molecule has 0 aliphatic carbocycles. The van der Waals surface area contributed by atoms with Gasteiger partial charge < -0.3 is 15.5 Å². The smallest absolute Gasteiger partial charge is 0.335 e. The Bertz CT molecular complexity index is 458. The number of carbonyl (C=O) groups is 1. The average molecular weight is 280 g/mol. The van der Waals surface area contributed by atoms with Crippen LogP contribution in [-0.2, 0) is 0 Å². The molecule has 5 heteroatoms. The second-order valence-corrected chi connectivity index (χ2v) is 5.63. The Hall–Kier alpha value is -1.62. The van der Waals surface area contributed by atoms with Crippen LogP contribution in [0.25, 0.3) is 0 Å². The number of aromatic nitrogens is 1. The van der Waals surface area contributed by atoms with Crippen molar-refractivity contribution in [3.63, 3.8) is 0 Å². The Kier molecular flexibility index (Phi) is 5.95. The summed E-state index contributed by atoms with van der Waals surface area (Å²) in [6, 6.07) is 3.21. The van der Waals surface area contributed by atoms with Gasteiger partial charge in [0.1, 0.15) is 5.82 Å². The Morgan fingerprint density at radius 2 is 1.95 bits per heavy atom. The molecular formula is C15H24N2O3. The normalized spacial score (nSPS) is 12.8. The van der Waals surface area contributed by atoms with Gasteiger partial charge in [0.25, 0.3) is 0 Å². The molecule has 0 radical (unpaired) electrons. The van der Waals surface area contributed by atoms with Crippen molar-refractivity contribution in [2.45, 2.75) is 46.1 Å². The second-order valence-electron chi connectivity index (χ2n) is 5.63. The molecule has 1 unspecified atom stereocenters. The van der Waals surface area contributed by atoms with E-state index in [1.807, 2.05) is 13.8 Å². The molecule has 0 aliphatic rings. The number of aliphatic hydroxyl groups excluding tert-OH is 1. The first-order chi connectivity index (χ1) is 9.35. The van der Waals surface area contributed by atoms with Crippen molar-refractivity contribution in [1.82, 2.24) is 4.98 Å². The first kappa shape index (κ1) is 16.4. The number of rotatable bonds is 7. The number of anilines is 1. The zero-order valence-corrected chi connectivity index (χ0v) is 12.6. The molecule has 112 valence electrons. The van der Waals surface area contributed by atoms with Gasteiger partial charge in [-0.3, -0.25) is 0 Å². The van der Waals surface area contributed by atoms with Gasteiger partial charge in [0.2, 0.25) is 0 Å². The summed E-state index contributed by atoms with van der Waals surface area (Å²) in [6.07, 6.45) is 0.605. The highest BCUT2D eigenvalue weighted by molar-refractivity contribution is 5.88. The van der Waals surface area contributed by atoms with Gasteiger partial charge in [-0.25, -0.2) is 9.78 Å². The maximum atomic E-state index is 11.2. The third kappa shape index (κ3) is 4.49. The third-order valence-electron chi connectivity index (χ3n) is 3.26. The van der Waals surface area contributed by atoms with Gasteiger partial charge in [-0.2, -0.15) is 0 Å². The minimum absolute atomic E-state index is 0.0663. The molecule has 1 rings (SSSR count). The van der Waals surface area contributed by atoms with Gasteiger partial charge in [0, 0.05) is 18.3 Å². The first-order valence-electron chi connectivity index (χ1n) is 6.97. The molecule has 1 aromatic heterocycles. The fraction of sp³-hybridized carbons (Fsp3) is 0.600. The fourth-order valence-electron chi connectivity index (χ4n) is 1.95. The SMILES string of the molecule is CC(C)c1cc(C(=O)O)cc(NC(CCO)C(C)C)n1. The standard InChI is InChI=1S/C15H24N2O3/c1-9(2)12(5-6-18)16-14-8-11(15(19)20)7-13(17-14)10(3)4/h7-10,12,18H,5-6H2,1-4H3,(H,16,17)(H,19,20). The van der Waals surface area contributed by atoms with Crippen molar-refractivity contribution in [3.8, 4) is 0 Å². The van der Waals surface area contributed by atoms with E-state index in [1.165, 1.54) is 0 Å². The van der Waals surface area contributed by atoms with Crippen LogP contribution in [0.15, 0.2) is 12.1 Å². The summed E-state index contributed by atoms with van der Waals surface area (Å²) < 4.78 is 0. The van der Waals surface area contributed by atoms with Gasteiger partial charge >= 0.3 is 5.97 Å². The van der Waals surface area contributed by atoms with Crippen molar-refractivity contribution < 1.29 is 15.0 Å². The molecule has 3 N–H and O–H groups in total. The molecule has 0 spiro atoms. The number of nitrogens with one attached hydrogen (secondary N) is 1. The van der Waals surface area contributed by atoms with Crippen LogP contribution in [0, 0.1) is 5.92 Å². The topological polar surface area (TPSA) is 82.5 Å². The van der Waals surface area contributed by atoms with Crippen LogP contribution in [-0.4, -0.2) is 33.8 Å². The van der Waals surface area contributed by atoms with E-state index in [0.29, 0.717) is 18.2 Å². The van der Waals surface area contributed by atoms with Crippen molar-refractivity contribution in [3.05, 3.63) is 23.4 Å². The number of nitrogens with zero attached hydrogens (tertiary/aromatic N) is 1. The van der Waals surface area contributed by atoms with Crippen LogP contribution >= 0.6 is 0 Å². The summed E-state index contributed by atoms with van der Waals surface area (Å²) >= 11 is 0. The number of pyridine rings is 1. The van der Waals surface area contributed by atoms with Crippen LogP contribution in [0.5, 0.6) is 0 Å². The molecule has 20 heavy (non-hydrogen) atoms. The Morgan fingerprint density at radius 3 is 2.40 bits per heavy atom. The molecule has 1 atom stereocenters. The second kappa shape index (κ2) is 7.24. The number of carboxylic acid groups (broad SMARTS) is 1. The summed E-state index contributed by atoms with van der Waals surface area (Å²) in [7, 11) is 0. The van der Waals surface area contributed by atoms with Gasteiger partial charge in [0.15, 0.2) is 0 Å². The van der Waals surface area contributed by atoms with E-state index in [-0.39, 0.29) is 24.1 Å². The van der Waals surface area contributed by atoms with Crippen molar-refractivity contribution in [1.29, 1.82) is 0 Å². The molecule has 0 amide bonds. The Labute approximate surface area is 120 Å². The first-order valence-corrected chi connectivity index (χ1v) is 6.97. The molecule has 1 heterocycles. The number of carboxylic acids is 1. The van der Waals surface area contributed by atoms with E-state index in [9.17, 15) is 4.79 Å². The zero-order chi connectivity index (χ0) is 15.3. The number of hydrogen-bond donors (Lipinski definition) is 3. The van der Waals surface area contributed by atoms with Crippen molar-refractivity contribution in [2.24, 2.45) is 5.92 Å². The Morgan fingerprint density at radius 1 is 1.30 bits per heavy atom. The molecule has 5 nitrogen and oxygen atoms in total. The lowest BCUT2D eigenvalue weighted by molar-refractivity contribution is 0.0696. The number of aliphatic hydroxyl groups is 1. The van der Waals surface area contributed by atoms with Crippen LogP contribution in [0.3, 0.4) is 0 Å². The van der Waals surface area contributed by atoms with Gasteiger partial charge in [-0.1, -0.05) is 27.7 Å². The van der Waals surface area contributed by atoms with Gasteiger partial charge in [-0.05, 0) is 30.4 Å². The van der Waals surface area contributed by atoms with E-state index in [0.717, 1.165) is 5.69 Å². The van der Waals surface area contributed by atoms with E-state index in [1.54, 1.807) is 12.1 Å². The molecule has 0 saturated heterocycles. The molecule has 0 aromatic carbocycles. The highest BCUT2D eigenvalue weighted by atomic mass is 16.4. The number of aromatic carboxylic acids is 1. The highest BCUT2D eigenvalue weighted by Gasteiger charge is 2.16. The molecule has 1 aromatic rings. The third-order valence-corrected chi connectivity index (χ3v) is 3.26. The maximum Gasteiger partial charge on any atom is 0.335 e. The molecule has 0 aliphatic heterocycles. The van der Waals surface area contributed by atoms with Gasteiger partial charge in [0.05, 0.1) is 5.56 Å². The maximum absolute atomic E-state index is 11.2. The molecule has 0 fully saturated rings. The van der Waals surface area contributed by atoms with Crippen LogP contribution in [0.2, 0.25) is 0 Å². The predicted octanol–water partition coefficient (Wildman–Crippen LogP) is 2.72. The minimum atomic E-state index is -0.958. The summed E-state index contributed by atoms with van der Waals surface area (Å²) in [5.41, 5.74) is 0.983. The lowest BCUT2D eigenvalue weighted by atomic mass is 10.0. The minimum Gasteiger partial charge on any atom is -0.478 e. The largest absolute Gasteiger partial charge is 0.478 e. The van der Waals surface area contributed by atoms with E-state index >= 15 is 0 Å². The molecule has 0 bridgehead atoms. The summed E-state index contributed by atoms with van der Waals surface area (Å²) in [6.45, 7) is 8.15.